The Hall–Kier alpha value is -6.94. The maximum atomic E-state index is 12.8. The SMILES string of the molecule is C=CC(=O)OCCCCCCOc1ccc(C(=O)Oc2ccc(CNc3ccc(/N=N/c4cc(C)c(/N=N/c5ccc(C)cc5)cc4C)c4ccccc34)cc2)cc1. The van der Waals surface area contributed by atoms with Crippen LogP contribution in [0.15, 0.2) is 154 Å². The summed E-state index contributed by atoms with van der Waals surface area (Å²) in [6, 6.07) is 38.4. The molecule has 0 fully saturated rings. The van der Waals surface area contributed by atoms with Crippen LogP contribution in [0.5, 0.6) is 11.5 Å². The molecule has 6 aromatic carbocycles. The van der Waals surface area contributed by atoms with Crippen molar-refractivity contribution in [2.75, 3.05) is 18.5 Å². The molecule has 10 heteroatoms. The Labute approximate surface area is 339 Å². The highest BCUT2D eigenvalue weighted by Gasteiger charge is 2.11. The number of hydrogen-bond acceptors (Lipinski definition) is 10. The summed E-state index contributed by atoms with van der Waals surface area (Å²) in [5, 5.41) is 23.7. The predicted molar refractivity (Wildman–Crippen MR) is 230 cm³/mol. The molecule has 10 nitrogen and oxygen atoms in total. The minimum absolute atomic E-state index is 0.393. The molecule has 0 saturated heterocycles. The molecule has 0 radical (unpaired) electrons. The Morgan fingerprint density at radius 2 is 1.26 bits per heavy atom. The van der Waals surface area contributed by atoms with E-state index in [1.807, 2.05) is 99.6 Å². The summed E-state index contributed by atoms with van der Waals surface area (Å²) >= 11 is 0. The lowest BCUT2D eigenvalue weighted by Gasteiger charge is -2.12. The van der Waals surface area contributed by atoms with Gasteiger partial charge in [-0.3, -0.25) is 0 Å². The van der Waals surface area contributed by atoms with E-state index in [1.165, 1.54) is 11.6 Å². The lowest BCUT2D eigenvalue weighted by molar-refractivity contribution is -0.137. The van der Waals surface area contributed by atoms with E-state index in [2.05, 4.69) is 38.4 Å². The van der Waals surface area contributed by atoms with Gasteiger partial charge in [-0.15, -0.1) is 5.11 Å². The second kappa shape index (κ2) is 20.3. The average Bonchev–Trinajstić information content (AvgIpc) is 3.24. The van der Waals surface area contributed by atoms with Crippen LogP contribution in [0, 0.1) is 20.8 Å². The molecule has 6 aromatic rings. The molecule has 58 heavy (non-hydrogen) atoms. The van der Waals surface area contributed by atoms with Crippen molar-refractivity contribution < 1.29 is 23.8 Å². The van der Waals surface area contributed by atoms with Crippen LogP contribution in [0.1, 0.15) is 58.3 Å². The highest BCUT2D eigenvalue weighted by molar-refractivity contribution is 6.00. The maximum Gasteiger partial charge on any atom is 0.343 e. The van der Waals surface area contributed by atoms with E-state index in [4.69, 9.17) is 14.2 Å². The summed E-state index contributed by atoms with van der Waals surface area (Å²) in [6.07, 6.45) is 4.76. The number of carbonyl (C=O) groups is 2. The molecule has 0 heterocycles. The first-order valence-corrected chi connectivity index (χ1v) is 19.4. The number of nitrogens with one attached hydrogen (secondary N) is 1. The predicted octanol–water partition coefficient (Wildman–Crippen LogP) is 13.1. The Balaban J connectivity index is 0.994. The Morgan fingerprint density at radius 1 is 0.638 bits per heavy atom. The zero-order valence-electron chi connectivity index (χ0n) is 33.1. The van der Waals surface area contributed by atoms with Gasteiger partial charge in [0.25, 0.3) is 0 Å². The van der Waals surface area contributed by atoms with Crippen molar-refractivity contribution in [3.8, 4) is 11.5 Å². The van der Waals surface area contributed by atoms with Crippen molar-refractivity contribution in [2.24, 2.45) is 20.5 Å². The molecule has 0 aliphatic heterocycles. The first-order chi connectivity index (χ1) is 28.2. The Kier molecular flexibility index (Phi) is 14.2. The molecule has 0 amide bonds. The number of anilines is 1. The van der Waals surface area contributed by atoms with Crippen molar-refractivity contribution in [3.05, 3.63) is 162 Å². The molecule has 0 bridgehead atoms. The minimum atomic E-state index is -0.444. The number of ether oxygens (including phenoxy) is 3. The van der Waals surface area contributed by atoms with E-state index < -0.39 is 11.9 Å². The first-order valence-electron chi connectivity index (χ1n) is 19.4. The van der Waals surface area contributed by atoms with Crippen LogP contribution in [0.25, 0.3) is 10.8 Å². The van der Waals surface area contributed by atoms with Gasteiger partial charge < -0.3 is 19.5 Å². The second-order valence-electron chi connectivity index (χ2n) is 13.9. The van der Waals surface area contributed by atoms with Gasteiger partial charge in [-0.25, -0.2) is 9.59 Å². The zero-order valence-corrected chi connectivity index (χ0v) is 33.1. The first kappa shape index (κ1) is 40.7. The second-order valence-corrected chi connectivity index (χ2v) is 13.9. The smallest absolute Gasteiger partial charge is 0.343 e. The third-order valence-corrected chi connectivity index (χ3v) is 9.41. The third-order valence-electron chi connectivity index (χ3n) is 9.41. The number of nitrogens with zero attached hydrogens (tertiary/aromatic N) is 4. The minimum Gasteiger partial charge on any atom is -0.494 e. The molecule has 0 saturated carbocycles. The highest BCUT2D eigenvalue weighted by atomic mass is 16.5. The van der Waals surface area contributed by atoms with E-state index in [9.17, 15) is 9.59 Å². The summed E-state index contributed by atoms with van der Waals surface area (Å²) in [5.41, 5.74) is 8.67. The average molecular weight is 774 g/mol. The standard InChI is InChI=1S/C48H47N5O5/c1-5-47(54)57-29-11-7-6-10-28-56-39-24-18-37(19-25-39)48(55)58-40-22-16-36(17-23-40)32-49-43-26-27-44(42-13-9-8-12-41(42)43)51-53-46-31-34(3)45(30-35(46)4)52-50-38-20-14-33(2)15-21-38/h5,8-9,12-27,30-31,49H,1,6-7,10-11,28-29,32H2,2-4H3/b52-50+,53-51+. The van der Waals surface area contributed by atoms with Crippen molar-refractivity contribution in [1.29, 1.82) is 0 Å². The number of fused-ring (bicyclic) bond motifs is 1. The monoisotopic (exact) mass is 773 g/mol. The fourth-order valence-corrected chi connectivity index (χ4v) is 6.06. The number of esters is 2. The number of aryl methyl sites for hydroxylation is 3. The number of benzene rings is 6. The van der Waals surface area contributed by atoms with Gasteiger partial charge in [0.05, 0.1) is 41.5 Å². The van der Waals surface area contributed by atoms with E-state index >= 15 is 0 Å². The zero-order chi connectivity index (χ0) is 40.7. The highest BCUT2D eigenvalue weighted by Crippen LogP contribution is 2.35. The summed E-state index contributed by atoms with van der Waals surface area (Å²) in [7, 11) is 0. The van der Waals surface area contributed by atoms with Crippen molar-refractivity contribution in [2.45, 2.75) is 53.0 Å². The van der Waals surface area contributed by atoms with E-state index in [-0.39, 0.29) is 0 Å². The summed E-state index contributed by atoms with van der Waals surface area (Å²) < 4.78 is 16.4. The number of carbonyl (C=O) groups excluding carboxylic acids is 2. The van der Waals surface area contributed by atoms with Crippen molar-refractivity contribution >= 4 is 51.1 Å². The van der Waals surface area contributed by atoms with Crippen LogP contribution in [-0.2, 0) is 16.1 Å². The molecule has 0 spiro atoms. The molecular formula is C48H47N5O5. The number of rotatable bonds is 18. The number of hydrogen-bond donors (Lipinski definition) is 1. The topological polar surface area (TPSA) is 123 Å². The van der Waals surface area contributed by atoms with E-state index in [1.54, 1.807) is 36.4 Å². The summed E-state index contributed by atoms with van der Waals surface area (Å²) in [5.74, 6) is 0.307. The molecule has 1 N–H and O–H groups in total. The van der Waals surface area contributed by atoms with Crippen LogP contribution >= 0.6 is 0 Å². The van der Waals surface area contributed by atoms with Gasteiger partial charge in [0.1, 0.15) is 11.5 Å². The molecule has 0 aliphatic carbocycles. The normalized spacial score (nSPS) is 11.2. The quantitative estimate of drug-likeness (QED) is 0.0305. The molecule has 6 rings (SSSR count). The van der Waals surface area contributed by atoms with E-state index in [0.29, 0.717) is 36.8 Å². The van der Waals surface area contributed by atoms with Gasteiger partial charge in [0, 0.05) is 29.1 Å². The largest absolute Gasteiger partial charge is 0.494 e. The van der Waals surface area contributed by atoms with Crippen molar-refractivity contribution in [1.82, 2.24) is 0 Å². The van der Waals surface area contributed by atoms with Crippen LogP contribution in [0.4, 0.5) is 28.4 Å². The Bertz CT molecular complexity index is 2410. The van der Waals surface area contributed by atoms with Gasteiger partial charge in [-0.1, -0.05) is 60.7 Å². The maximum absolute atomic E-state index is 12.8. The molecule has 0 aromatic heterocycles. The number of unbranched alkanes of at least 4 members (excludes halogenated alkanes) is 3. The van der Waals surface area contributed by atoms with Gasteiger partial charge in [0.2, 0.25) is 0 Å². The van der Waals surface area contributed by atoms with Crippen LogP contribution in [0.2, 0.25) is 0 Å². The fourth-order valence-electron chi connectivity index (χ4n) is 6.06. The third kappa shape index (κ3) is 11.5. The van der Waals surface area contributed by atoms with Crippen molar-refractivity contribution in [3.63, 3.8) is 0 Å². The van der Waals surface area contributed by atoms with Gasteiger partial charge >= 0.3 is 11.9 Å². The van der Waals surface area contributed by atoms with E-state index in [0.717, 1.165) is 81.6 Å². The van der Waals surface area contributed by atoms with Crippen LogP contribution < -0.4 is 14.8 Å². The molecule has 0 atom stereocenters. The fraction of sp³-hybridized carbons (Fsp3) is 0.208. The summed E-state index contributed by atoms with van der Waals surface area (Å²) in [4.78, 5) is 23.9. The van der Waals surface area contributed by atoms with Crippen LogP contribution in [0.3, 0.4) is 0 Å². The molecule has 294 valence electrons. The van der Waals surface area contributed by atoms with Crippen LogP contribution in [-0.4, -0.2) is 25.2 Å². The summed E-state index contributed by atoms with van der Waals surface area (Å²) in [6.45, 7) is 11.0. The molecular weight excluding hydrogens is 727 g/mol. The lowest BCUT2D eigenvalue weighted by Crippen LogP contribution is -2.08. The lowest BCUT2D eigenvalue weighted by atomic mass is 10.1. The van der Waals surface area contributed by atoms with Gasteiger partial charge in [-0.05, 0) is 136 Å². The van der Waals surface area contributed by atoms with Gasteiger partial charge in [0.15, 0.2) is 0 Å². The van der Waals surface area contributed by atoms with Gasteiger partial charge in [-0.2, -0.15) is 15.3 Å². The number of azo groups is 2. The Morgan fingerprint density at radius 3 is 1.95 bits per heavy atom. The molecule has 0 aliphatic rings. The molecule has 0 unspecified atom stereocenters.